The molecule has 3 rings (SSSR count). The Balaban J connectivity index is 1.85. The molecule has 90 valence electrons. The molecule has 0 amide bonds. The number of ether oxygens (including phenoxy) is 1. The van der Waals surface area contributed by atoms with E-state index in [0.717, 1.165) is 11.5 Å². The molecule has 2 aromatic heterocycles. The molecule has 9 heteroatoms. The number of hydrogen-bond acceptors (Lipinski definition) is 9. The van der Waals surface area contributed by atoms with Crippen LogP contribution in [-0.2, 0) is 4.74 Å². The minimum absolute atomic E-state index is 0.124. The normalized spacial score (nSPS) is 20.6. The quantitative estimate of drug-likeness (QED) is 0.819. The first kappa shape index (κ1) is 10.5. The molecule has 1 fully saturated rings. The molecule has 1 atom stereocenters. The Morgan fingerprint density at radius 2 is 2.24 bits per heavy atom. The van der Waals surface area contributed by atoms with E-state index in [1.807, 2.05) is 0 Å². The Kier molecular flexibility index (Phi) is 2.69. The van der Waals surface area contributed by atoms with Crippen LogP contribution in [0, 0.1) is 0 Å². The van der Waals surface area contributed by atoms with Crippen molar-refractivity contribution in [3.05, 3.63) is 5.82 Å². The summed E-state index contributed by atoms with van der Waals surface area (Å²) < 4.78 is 15.0. The minimum Gasteiger partial charge on any atom is -0.379 e. The lowest BCUT2D eigenvalue weighted by Gasteiger charge is -2.18. The zero-order chi connectivity index (χ0) is 11.7. The second-order valence-electron chi connectivity index (χ2n) is 3.39. The first-order chi connectivity index (χ1) is 8.34. The maximum atomic E-state index is 5.53. The Labute approximate surface area is 99.8 Å². The summed E-state index contributed by atoms with van der Waals surface area (Å²) >= 11 is 1.79. The van der Waals surface area contributed by atoms with Gasteiger partial charge in [0, 0.05) is 11.5 Å². The Bertz CT molecular complexity index is 507. The first-order valence-electron chi connectivity index (χ1n) is 4.96. The summed E-state index contributed by atoms with van der Waals surface area (Å²) in [5.74, 6) is 2.61. The van der Waals surface area contributed by atoms with E-state index in [1.54, 1.807) is 11.8 Å². The second-order valence-corrected chi connectivity index (χ2v) is 4.54. The molecule has 3 heterocycles. The van der Waals surface area contributed by atoms with Crippen LogP contribution in [0.25, 0.3) is 11.6 Å². The number of nitrogens with zero attached hydrogens (tertiary/aromatic N) is 4. The third-order valence-electron chi connectivity index (χ3n) is 2.26. The summed E-state index contributed by atoms with van der Waals surface area (Å²) in [4.78, 5) is 4.18. The molecule has 1 aliphatic rings. The van der Waals surface area contributed by atoms with Crippen molar-refractivity contribution in [1.82, 2.24) is 20.5 Å². The SMILES string of the molecule is Nc1nonc1-c1nc(C2CSCCO2)no1. The number of rotatable bonds is 2. The van der Waals surface area contributed by atoms with E-state index in [0.29, 0.717) is 12.4 Å². The van der Waals surface area contributed by atoms with Crippen molar-refractivity contribution < 1.29 is 13.9 Å². The van der Waals surface area contributed by atoms with Gasteiger partial charge in [0.15, 0.2) is 0 Å². The van der Waals surface area contributed by atoms with Gasteiger partial charge in [0.1, 0.15) is 6.10 Å². The minimum atomic E-state index is -0.146. The Morgan fingerprint density at radius 3 is 2.94 bits per heavy atom. The molecule has 0 aromatic carbocycles. The summed E-state index contributed by atoms with van der Waals surface area (Å²) in [7, 11) is 0. The van der Waals surface area contributed by atoms with Gasteiger partial charge in [0.05, 0.1) is 6.61 Å². The molecule has 0 spiro atoms. The van der Waals surface area contributed by atoms with Gasteiger partial charge in [-0.05, 0) is 10.3 Å². The van der Waals surface area contributed by atoms with Gasteiger partial charge in [0.2, 0.25) is 17.3 Å². The van der Waals surface area contributed by atoms with E-state index in [4.69, 9.17) is 15.0 Å². The molecule has 0 bridgehead atoms. The zero-order valence-corrected chi connectivity index (χ0v) is 9.51. The molecule has 2 aromatic rings. The highest BCUT2D eigenvalue weighted by Gasteiger charge is 2.24. The van der Waals surface area contributed by atoms with Crippen LogP contribution in [0.2, 0.25) is 0 Å². The number of thioether (sulfide) groups is 1. The van der Waals surface area contributed by atoms with Crippen LogP contribution in [-0.4, -0.2) is 38.6 Å². The summed E-state index contributed by atoms with van der Waals surface area (Å²) in [5, 5.41) is 10.9. The molecule has 0 aliphatic carbocycles. The second kappa shape index (κ2) is 4.34. The van der Waals surface area contributed by atoms with E-state index in [1.165, 1.54) is 0 Å². The molecule has 8 nitrogen and oxygen atoms in total. The number of anilines is 1. The fourth-order valence-corrected chi connectivity index (χ4v) is 2.28. The van der Waals surface area contributed by atoms with Crippen LogP contribution in [0.3, 0.4) is 0 Å². The molecule has 1 aliphatic heterocycles. The van der Waals surface area contributed by atoms with E-state index in [-0.39, 0.29) is 23.5 Å². The van der Waals surface area contributed by atoms with Crippen molar-refractivity contribution in [3.8, 4) is 11.6 Å². The summed E-state index contributed by atoms with van der Waals surface area (Å²) in [5.41, 5.74) is 5.79. The van der Waals surface area contributed by atoms with Crippen molar-refractivity contribution >= 4 is 17.6 Å². The summed E-state index contributed by atoms with van der Waals surface area (Å²) in [6.07, 6.45) is -0.146. The lowest BCUT2D eigenvalue weighted by atomic mass is 10.3. The number of nitrogen functional groups attached to an aromatic ring is 1. The van der Waals surface area contributed by atoms with Crippen LogP contribution < -0.4 is 5.73 Å². The molecule has 1 saturated heterocycles. The largest absolute Gasteiger partial charge is 0.379 e. The highest BCUT2D eigenvalue weighted by Crippen LogP contribution is 2.27. The number of nitrogens with two attached hydrogens (primary N) is 1. The summed E-state index contributed by atoms with van der Waals surface area (Å²) in [6, 6.07) is 0. The average Bonchev–Trinajstić information content (AvgIpc) is 2.98. The Morgan fingerprint density at radius 1 is 1.29 bits per heavy atom. The van der Waals surface area contributed by atoms with Gasteiger partial charge >= 0.3 is 0 Å². The fraction of sp³-hybridized carbons (Fsp3) is 0.500. The maximum absolute atomic E-state index is 5.53. The third kappa shape index (κ3) is 1.98. The van der Waals surface area contributed by atoms with E-state index in [9.17, 15) is 0 Å². The topological polar surface area (TPSA) is 113 Å². The maximum Gasteiger partial charge on any atom is 0.284 e. The standard InChI is InChI=1S/C8H9N5O3S/c9-6-5(11-16-12-6)8-10-7(13-15-8)4-3-17-2-1-14-4/h4H,1-3H2,(H2,9,12). The predicted molar refractivity (Wildman–Crippen MR) is 58.0 cm³/mol. The van der Waals surface area contributed by atoms with Crippen LogP contribution >= 0.6 is 11.8 Å². The van der Waals surface area contributed by atoms with Gasteiger partial charge < -0.3 is 15.0 Å². The number of hydrogen-bond donors (Lipinski definition) is 1. The smallest absolute Gasteiger partial charge is 0.284 e. The zero-order valence-electron chi connectivity index (χ0n) is 8.70. The van der Waals surface area contributed by atoms with Gasteiger partial charge in [-0.2, -0.15) is 16.7 Å². The fourth-order valence-electron chi connectivity index (χ4n) is 1.44. The monoisotopic (exact) mass is 255 g/mol. The molecule has 1 unspecified atom stereocenters. The number of aromatic nitrogens is 4. The van der Waals surface area contributed by atoms with Crippen molar-refractivity contribution in [2.24, 2.45) is 0 Å². The van der Waals surface area contributed by atoms with E-state index >= 15 is 0 Å². The average molecular weight is 255 g/mol. The summed E-state index contributed by atoms with van der Waals surface area (Å²) in [6.45, 7) is 0.687. The van der Waals surface area contributed by atoms with Crippen LogP contribution in [0.4, 0.5) is 5.82 Å². The van der Waals surface area contributed by atoms with Crippen molar-refractivity contribution in [2.45, 2.75) is 6.10 Å². The Hall–Kier alpha value is -1.61. The third-order valence-corrected chi connectivity index (χ3v) is 3.26. The molecule has 0 radical (unpaired) electrons. The highest BCUT2D eigenvalue weighted by atomic mass is 32.2. The van der Waals surface area contributed by atoms with Gasteiger partial charge in [-0.3, -0.25) is 0 Å². The highest BCUT2D eigenvalue weighted by molar-refractivity contribution is 7.99. The van der Waals surface area contributed by atoms with Crippen LogP contribution in [0.5, 0.6) is 0 Å². The van der Waals surface area contributed by atoms with Gasteiger partial charge in [-0.25, -0.2) is 4.63 Å². The predicted octanol–water partition coefficient (Wildman–Crippen LogP) is 0.506. The molecule has 17 heavy (non-hydrogen) atoms. The van der Waals surface area contributed by atoms with Gasteiger partial charge in [0.25, 0.3) is 5.89 Å². The van der Waals surface area contributed by atoms with Crippen molar-refractivity contribution in [3.63, 3.8) is 0 Å². The van der Waals surface area contributed by atoms with Crippen LogP contribution in [0.15, 0.2) is 9.15 Å². The van der Waals surface area contributed by atoms with Crippen molar-refractivity contribution in [1.29, 1.82) is 0 Å². The molecule has 0 saturated carbocycles. The lowest BCUT2D eigenvalue weighted by Crippen LogP contribution is -2.16. The van der Waals surface area contributed by atoms with Gasteiger partial charge in [-0.1, -0.05) is 5.16 Å². The molecule has 2 N–H and O–H groups in total. The molecular weight excluding hydrogens is 246 g/mol. The van der Waals surface area contributed by atoms with Crippen molar-refractivity contribution in [2.75, 3.05) is 23.8 Å². The molecular formula is C8H9N5O3S. The lowest BCUT2D eigenvalue weighted by molar-refractivity contribution is 0.0677. The van der Waals surface area contributed by atoms with E-state index < -0.39 is 0 Å². The van der Waals surface area contributed by atoms with Crippen LogP contribution in [0.1, 0.15) is 11.9 Å². The van der Waals surface area contributed by atoms with E-state index in [2.05, 4.69) is 25.1 Å². The first-order valence-corrected chi connectivity index (χ1v) is 6.11. The van der Waals surface area contributed by atoms with Gasteiger partial charge in [-0.15, -0.1) is 0 Å².